The van der Waals surface area contributed by atoms with E-state index in [0.717, 1.165) is 11.3 Å². The molecule has 3 aromatic carbocycles. The second-order valence-corrected chi connectivity index (χ2v) is 7.49. The van der Waals surface area contributed by atoms with Crippen LogP contribution in [0.25, 0.3) is 23.1 Å². The molecular formula is C29H25NO4. The quantitative estimate of drug-likeness (QED) is 0.235. The summed E-state index contributed by atoms with van der Waals surface area (Å²) in [5.74, 6) is -0.163. The summed E-state index contributed by atoms with van der Waals surface area (Å²) in [7, 11) is 0. The van der Waals surface area contributed by atoms with Crippen molar-refractivity contribution in [1.29, 1.82) is 0 Å². The van der Waals surface area contributed by atoms with Crippen molar-refractivity contribution in [2.45, 2.75) is 6.92 Å². The first-order valence-electron chi connectivity index (χ1n) is 11.1. The standard InChI is InChI=1S/C29H25NO4/c1-2-33-27(31)20-19-25-28(32)24-17-9-10-18-26(24)34-29(25)30(23-15-7-4-8-16-23)21-11-14-22-12-5-3-6-13-22/h3-20H,2,21H2,1H3/b14-11+,20-19+. The summed E-state index contributed by atoms with van der Waals surface area (Å²) in [5, 5.41) is 0.447. The molecule has 0 aliphatic heterocycles. The molecule has 0 amide bonds. The fourth-order valence-electron chi connectivity index (χ4n) is 3.61. The zero-order valence-corrected chi connectivity index (χ0v) is 18.9. The molecule has 0 aliphatic rings. The zero-order valence-electron chi connectivity index (χ0n) is 18.9. The number of ether oxygens (including phenoxy) is 1. The molecule has 0 aliphatic carbocycles. The SMILES string of the molecule is CCOC(=O)/C=C/c1c(N(C/C=C/c2ccccc2)c2ccccc2)oc2ccccc2c1=O. The lowest BCUT2D eigenvalue weighted by atomic mass is 10.1. The van der Waals surface area contributed by atoms with Gasteiger partial charge in [0.1, 0.15) is 5.58 Å². The monoisotopic (exact) mass is 451 g/mol. The maximum absolute atomic E-state index is 13.4. The molecule has 0 atom stereocenters. The third-order valence-electron chi connectivity index (χ3n) is 5.20. The van der Waals surface area contributed by atoms with Crippen LogP contribution in [0.5, 0.6) is 0 Å². The molecule has 1 heterocycles. The Morgan fingerprint density at radius 2 is 1.59 bits per heavy atom. The Bertz CT molecular complexity index is 1370. The van der Waals surface area contributed by atoms with Crippen LogP contribution in [0.1, 0.15) is 18.1 Å². The molecule has 5 nitrogen and oxygen atoms in total. The van der Waals surface area contributed by atoms with Gasteiger partial charge in [-0.05, 0) is 42.8 Å². The molecule has 4 aromatic rings. The van der Waals surface area contributed by atoms with Gasteiger partial charge in [0, 0.05) is 18.3 Å². The van der Waals surface area contributed by atoms with E-state index in [9.17, 15) is 9.59 Å². The summed E-state index contributed by atoms with van der Waals surface area (Å²) in [6.07, 6.45) is 6.76. The van der Waals surface area contributed by atoms with Crippen molar-refractivity contribution in [2.75, 3.05) is 18.1 Å². The highest BCUT2D eigenvalue weighted by Crippen LogP contribution is 2.31. The number of anilines is 2. The van der Waals surface area contributed by atoms with Crippen LogP contribution in [0.15, 0.2) is 106 Å². The van der Waals surface area contributed by atoms with E-state index in [1.807, 2.05) is 83.8 Å². The molecular weight excluding hydrogens is 426 g/mol. The van der Waals surface area contributed by atoms with Crippen LogP contribution in [0.3, 0.4) is 0 Å². The van der Waals surface area contributed by atoms with Crippen LogP contribution in [0, 0.1) is 0 Å². The second-order valence-electron chi connectivity index (χ2n) is 7.49. The van der Waals surface area contributed by atoms with Crippen molar-refractivity contribution >= 4 is 40.7 Å². The number of nitrogens with zero attached hydrogens (tertiary/aromatic N) is 1. The van der Waals surface area contributed by atoms with Gasteiger partial charge in [-0.1, -0.05) is 72.8 Å². The van der Waals surface area contributed by atoms with Gasteiger partial charge in [-0.25, -0.2) is 4.79 Å². The predicted octanol–water partition coefficient (Wildman–Crippen LogP) is 6.22. The maximum atomic E-state index is 13.4. The van der Waals surface area contributed by atoms with Crippen LogP contribution in [0.4, 0.5) is 11.6 Å². The number of rotatable bonds is 8. The molecule has 0 N–H and O–H groups in total. The maximum Gasteiger partial charge on any atom is 0.330 e. The lowest BCUT2D eigenvalue weighted by Gasteiger charge is -2.24. The van der Waals surface area contributed by atoms with Crippen molar-refractivity contribution < 1.29 is 13.9 Å². The lowest BCUT2D eigenvalue weighted by Crippen LogP contribution is -2.21. The van der Waals surface area contributed by atoms with Gasteiger partial charge in [-0.2, -0.15) is 0 Å². The predicted molar refractivity (Wildman–Crippen MR) is 137 cm³/mol. The third-order valence-corrected chi connectivity index (χ3v) is 5.20. The molecule has 5 heteroatoms. The number of carbonyl (C=O) groups is 1. The van der Waals surface area contributed by atoms with E-state index in [4.69, 9.17) is 9.15 Å². The Morgan fingerprint density at radius 1 is 0.912 bits per heavy atom. The number of hydrogen-bond acceptors (Lipinski definition) is 5. The van der Waals surface area contributed by atoms with Gasteiger partial charge < -0.3 is 14.1 Å². The first kappa shape index (κ1) is 22.8. The van der Waals surface area contributed by atoms with E-state index in [-0.39, 0.29) is 17.6 Å². The van der Waals surface area contributed by atoms with E-state index in [2.05, 4.69) is 0 Å². The smallest absolute Gasteiger partial charge is 0.330 e. The summed E-state index contributed by atoms with van der Waals surface area (Å²) in [6, 6.07) is 26.8. The largest absolute Gasteiger partial charge is 0.463 e. The van der Waals surface area contributed by atoms with Crippen molar-refractivity contribution in [3.63, 3.8) is 0 Å². The molecule has 0 radical (unpaired) electrons. The lowest BCUT2D eigenvalue weighted by molar-refractivity contribution is -0.137. The molecule has 170 valence electrons. The topological polar surface area (TPSA) is 59.8 Å². The molecule has 0 saturated heterocycles. The van der Waals surface area contributed by atoms with E-state index >= 15 is 0 Å². The fraction of sp³-hybridized carbons (Fsp3) is 0.103. The van der Waals surface area contributed by atoms with Crippen LogP contribution in [-0.2, 0) is 9.53 Å². The van der Waals surface area contributed by atoms with Crippen molar-refractivity contribution in [2.24, 2.45) is 0 Å². The first-order valence-corrected chi connectivity index (χ1v) is 11.1. The molecule has 0 spiro atoms. The highest BCUT2D eigenvalue weighted by atomic mass is 16.5. The number of fused-ring (bicyclic) bond motifs is 1. The molecule has 0 saturated carbocycles. The molecule has 1 aromatic heterocycles. The van der Waals surface area contributed by atoms with Crippen LogP contribution in [-0.4, -0.2) is 19.1 Å². The van der Waals surface area contributed by atoms with E-state index < -0.39 is 5.97 Å². The summed E-state index contributed by atoms with van der Waals surface area (Å²) >= 11 is 0. The molecule has 0 bridgehead atoms. The van der Waals surface area contributed by atoms with Crippen molar-refractivity contribution in [3.05, 3.63) is 118 Å². The van der Waals surface area contributed by atoms with Gasteiger partial charge in [-0.3, -0.25) is 4.79 Å². The first-order chi connectivity index (χ1) is 16.7. The van der Waals surface area contributed by atoms with Gasteiger partial charge in [0.2, 0.25) is 11.3 Å². The average Bonchev–Trinajstić information content (AvgIpc) is 2.87. The summed E-state index contributed by atoms with van der Waals surface area (Å²) in [5.41, 5.74) is 2.46. The van der Waals surface area contributed by atoms with Gasteiger partial charge in [-0.15, -0.1) is 0 Å². The molecule has 0 fully saturated rings. The average molecular weight is 452 g/mol. The van der Waals surface area contributed by atoms with Crippen LogP contribution in [0.2, 0.25) is 0 Å². The van der Waals surface area contributed by atoms with Crippen LogP contribution >= 0.6 is 0 Å². The number of benzene rings is 3. The summed E-state index contributed by atoms with van der Waals surface area (Å²) < 4.78 is 11.3. The van der Waals surface area contributed by atoms with Crippen molar-refractivity contribution in [3.8, 4) is 0 Å². The zero-order chi connectivity index (χ0) is 23.8. The van der Waals surface area contributed by atoms with E-state index in [1.165, 1.54) is 12.2 Å². The van der Waals surface area contributed by atoms with Gasteiger partial charge in [0.25, 0.3) is 0 Å². The molecule has 0 unspecified atom stereocenters. The van der Waals surface area contributed by atoms with Crippen molar-refractivity contribution in [1.82, 2.24) is 0 Å². The van der Waals surface area contributed by atoms with Crippen LogP contribution < -0.4 is 10.3 Å². The van der Waals surface area contributed by atoms with Gasteiger partial charge in [0.05, 0.1) is 17.6 Å². The number of esters is 1. The minimum absolute atomic E-state index is 0.217. The second kappa shape index (κ2) is 11.0. The normalized spacial score (nSPS) is 11.3. The number of carbonyl (C=O) groups excluding carboxylic acids is 1. The number of hydrogen-bond donors (Lipinski definition) is 0. The summed E-state index contributed by atoms with van der Waals surface area (Å²) in [6.45, 7) is 2.43. The minimum Gasteiger partial charge on any atom is -0.463 e. The van der Waals surface area contributed by atoms with E-state index in [1.54, 1.807) is 25.1 Å². The highest BCUT2D eigenvalue weighted by Gasteiger charge is 2.19. The third kappa shape index (κ3) is 5.33. The van der Waals surface area contributed by atoms with E-state index in [0.29, 0.717) is 23.4 Å². The Morgan fingerprint density at radius 3 is 2.32 bits per heavy atom. The number of para-hydroxylation sites is 2. The molecule has 4 rings (SSSR count). The van der Waals surface area contributed by atoms with Gasteiger partial charge in [0.15, 0.2) is 0 Å². The summed E-state index contributed by atoms with van der Waals surface area (Å²) in [4.78, 5) is 27.4. The fourth-order valence-corrected chi connectivity index (χ4v) is 3.61. The molecule has 34 heavy (non-hydrogen) atoms. The Labute approximate surface area is 198 Å². The Hall–Kier alpha value is -4.38. The minimum atomic E-state index is -0.517. The highest BCUT2D eigenvalue weighted by molar-refractivity contribution is 5.90. The van der Waals surface area contributed by atoms with Gasteiger partial charge >= 0.3 is 5.97 Å². The Kier molecular flexibility index (Phi) is 7.35. The Balaban J connectivity index is 1.84.